The monoisotopic (exact) mass is 465 g/mol. The molecule has 0 aliphatic heterocycles. The lowest BCUT2D eigenvalue weighted by molar-refractivity contribution is 0.517. The van der Waals surface area contributed by atoms with Crippen LogP contribution in [0.4, 0.5) is 17.3 Å². The second-order valence-corrected chi connectivity index (χ2v) is 8.68. The van der Waals surface area contributed by atoms with Gasteiger partial charge in [0, 0.05) is 29.7 Å². The number of halogens is 1. The second-order valence-electron chi connectivity index (χ2n) is 8.27. The quantitative estimate of drug-likeness (QED) is 0.211. The number of para-hydroxylation sites is 2. The Morgan fingerprint density at radius 3 is 2.30 bits per heavy atom. The van der Waals surface area contributed by atoms with Crippen molar-refractivity contribution in [2.45, 2.75) is 58.0 Å². The van der Waals surface area contributed by atoms with Gasteiger partial charge in [0.2, 0.25) is 5.95 Å². The lowest BCUT2D eigenvalue weighted by Gasteiger charge is -2.24. The van der Waals surface area contributed by atoms with Crippen molar-refractivity contribution in [2.24, 2.45) is 5.18 Å². The Morgan fingerprint density at radius 1 is 0.939 bits per heavy atom. The fraction of sp³-hybridized carbons (Fsp3) is 0.385. The first-order valence-electron chi connectivity index (χ1n) is 11.6. The molecular formula is C26H32ClN5O. The highest BCUT2D eigenvalue weighted by Crippen LogP contribution is 2.36. The van der Waals surface area contributed by atoms with Crippen molar-refractivity contribution >= 4 is 28.9 Å². The van der Waals surface area contributed by atoms with Crippen molar-refractivity contribution in [3.05, 3.63) is 82.5 Å². The zero-order valence-electron chi connectivity index (χ0n) is 19.3. The molecule has 1 N–H and O–H groups in total. The Kier molecular flexibility index (Phi) is 9.78. The number of rotatable bonds is 13. The zero-order chi connectivity index (χ0) is 23.5. The van der Waals surface area contributed by atoms with E-state index in [0.29, 0.717) is 11.0 Å². The van der Waals surface area contributed by atoms with E-state index in [0.717, 1.165) is 55.6 Å². The summed E-state index contributed by atoms with van der Waals surface area (Å²) >= 11 is 6.50. The Morgan fingerprint density at radius 2 is 1.61 bits per heavy atom. The van der Waals surface area contributed by atoms with Crippen LogP contribution in [0.1, 0.15) is 57.6 Å². The molecule has 0 saturated heterocycles. The summed E-state index contributed by atoms with van der Waals surface area (Å²) in [5.41, 5.74) is 2.82. The van der Waals surface area contributed by atoms with Crippen molar-refractivity contribution < 1.29 is 0 Å². The maximum absolute atomic E-state index is 10.4. The summed E-state index contributed by atoms with van der Waals surface area (Å²) in [6.45, 7) is 4.93. The summed E-state index contributed by atoms with van der Waals surface area (Å²) in [5.74, 6) is 0.573. The minimum atomic E-state index is -0.0677. The van der Waals surface area contributed by atoms with E-state index in [1.807, 2.05) is 78.8 Å². The van der Waals surface area contributed by atoms with Gasteiger partial charge in [-0.3, -0.25) is 4.90 Å². The molecule has 0 bridgehead atoms. The predicted molar refractivity (Wildman–Crippen MR) is 136 cm³/mol. The minimum absolute atomic E-state index is 0.0677. The third-order valence-corrected chi connectivity index (χ3v) is 5.96. The van der Waals surface area contributed by atoms with Gasteiger partial charge < -0.3 is 5.32 Å². The van der Waals surface area contributed by atoms with Crippen LogP contribution in [0.25, 0.3) is 0 Å². The number of aromatic nitrogens is 2. The van der Waals surface area contributed by atoms with Gasteiger partial charge in [-0.2, -0.15) is 4.91 Å². The number of anilines is 3. The highest BCUT2D eigenvalue weighted by Gasteiger charge is 2.18. The topological polar surface area (TPSA) is 70.5 Å². The molecule has 6 nitrogen and oxygen atoms in total. The summed E-state index contributed by atoms with van der Waals surface area (Å²) in [4.78, 5) is 21.7. The van der Waals surface area contributed by atoms with E-state index in [2.05, 4.69) is 27.4 Å². The van der Waals surface area contributed by atoms with Gasteiger partial charge in [-0.05, 0) is 57.5 Å². The molecule has 0 radical (unpaired) electrons. The van der Waals surface area contributed by atoms with Crippen LogP contribution < -0.4 is 10.2 Å². The molecule has 0 fully saturated rings. The molecule has 174 valence electrons. The summed E-state index contributed by atoms with van der Waals surface area (Å²) in [6, 6.07) is 17.8. The predicted octanol–water partition coefficient (Wildman–Crippen LogP) is 7.36. The molecular weight excluding hydrogens is 434 g/mol. The first kappa shape index (κ1) is 24.8. The van der Waals surface area contributed by atoms with Gasteiger partial charge in [0.05, 0.1) is 16.8 Å². The third kappa shape index (κ3) is 7.34. The van der Waals surface area contributed by atoms with Gasteiger partial charge in [0.1, 0.15) is 0 Å². The molecule has 2 atom stereocenters. The molecule has 2 aromatic carbocycles. The standard InChI is InChI=1S/C26H32ClN5O/c1-20(31-33)12-6-3-4-11-17-28-21(2)22-18-29-26(30-19-22)32(23-13-7-5-8-14-23)25-16-10-9-15-24(25)27/h5,7-10,13-16,18-21,28H,3-4,6,11-12,17H2,1-2H3. The van der Waals surface area contributed by atoms with Gasteiger partial charge >= 0.3 is 0 Å². The number of benzene rings is 2. The van der Waals surface area contributed by atoms with Gasteiger partial charge in [0.25, 0.3) is 0 Å². The number of nitrogens with one attached hydrogen (secondary N) is 1. The third-order valence-electron chi connectivity index (χ3n) is 5.65. The van der Waals surface area contributed by atoms with E-state index in [1.165, 1.54) is 0 Å². The van der Waals surface area contributed by atoms with Crippen molar-refractivity contribution in [1.82, 2.24) is 15.3 Å². The molecule has 3 aromatic rings. The molecule has 1 aromatic heterocycles. The first-order chi connectivity index (χ1) is 16.1. The van der Waals surface area contributed by atoms with Gasteiger partial charge in [-0.15, -0.1) is 0 Å². The lowest BCUT2D eigenvalue weighted by atomic mass is 10.1. The Bertz CT molecular complexity index is 983. The Labute approximate surface area is 201 Å². The highest BCUT2D eigenvalue weighted by atomic mass is 35.5. The molecule has 0 aliphatic rings. The normalized spacial score (nSPS) is 12.8. The molecule has 1 heterocycles. The summed E-state index contributed by atoms with van der Waals surface area (Å²) in [5, 5.41) is 7.24. The largest absolute Gasteiger partial charge is 0.310 e. The Hall–Kier alpha value is -2.83. The van der Waals surface area contributed by atoms with Gasteiger partial charge in [0.15, 0.2) is 0 Å². The van der Waals surface area contributed by atoms with E-state index < -0.39 is 0 Å². The first-order valence-corrected chi connectivity index (χ1v) is 12.0. The van der Waals surface area contributed by atoms with E-state index in [-0.39, 0.29) is 12.1 Å². The maximum Gasteiger partial charge on any atom is 0.234 e. The van der Waals surface area contributed by atoms with Crippen LogP contribution >= 0.6 is 11.6 Å². The lowest BCUT2D eigenvalue weighted by Crippen LogP contribution is -2.21. The Balaban J connectivity index is 1.59. The molecule has 33 heavy (non-hydrogen) atoms. The van der Waals surface area contributed by atoms with Crippen LogP contribution in [0.5, 0.6) is 0 Å². The van der Waals surface area contributed by atoms with Gasteiger partial charge in [-0.25, -0.2) is 9.97 Å². The number of nitroso groups, excluding NO2 is 1. The molecule has 0 saturated carbocycles. The summed E-state index contributed by atoms with van der Waals surface area (Å²) < 4.78 is 0. The van der Waals surface area contributed by atoms with Crippen LogP contribution in [-0.4, -0.2) is 22.6 Å². The number of hydrogen-bond acceptors (Lipinski definition) is 6. The fourth-order valence-corrected chi connectivity index (χ4v) is 3.87. The number of hydrogen-bond donors (Lipinski definition) is 1. The van der Waals surface area contributed by atoms with E-state index in [4.69, 9.17) is 11.6 Å². The van der Waals surface area contributed by atoms with E-state index in [1.54, 1.807) is 0 Å². The van der Waals surface area contributed by atoms with E-state index >= 15 is 0 Å². The molecule has 2 unspecified atom stereocenters. The van der Waals surface area contributed by atoms with E-state index in [9.17, 15) is 4.91 Å². The van der Waals surface area contributed by atoms with Crippen molar-refractivity contribution in [3.63, 3.8) is 0 Å². The van der Waals surface area contributed by atoms with Crippen LogP contribution in [0.15, 0.2) is 72.2 Å². The molecule has 7 heteroatoms. The van der Waals surface area contributed by atoms with Crippen LogP contribution in [0, 0.1) is 4.91 Å². The summed E-state index contributed by atoms with van der Waals surface area (Å²) in [7, 11) is 0. The second kappa shape index (κ2) is 13.0. The van der Waals surface area contributed by atoms with Crippen LogP contribution in [0.2, 0.25) is 5.02 Å². The fourth-order valence-electron chi connectivity index (χ4n) is 3.65. The highest BCUT2D eigenvalue weighted by molar-refractivity contribution is 6.33. The average molecular weight is 466 g/mol. The minimum Gasteiger partial charge on any atom is -0.310 e. The maximum atomic E-state index is 10.4. The number of unbranched alkanes of at least 4 members (excludes halogenated alkanes) is 3. The van der Waals surface area contributed by atoms with Crippen molar-refractivity contribution in [1.29, 1.82) is 0 Å². The van der Waals surface area contributed by atoms with Crippen molar-refractivity contribution in [2.75, 3.05) is 11.4 Å². The van der Waals surface area contributed by atoms with Crippen molar-refractivity contribution in [3.8, 4) is 0 Å². The van der Waals surface area contributed by atoms with Crippen LogP contribution in [-0.2, 0) is 0 Å². The zero-order valence-corrected chi connectivity index (χ0v) is 20.1. The SMILES string of the molecule is CC(CCCCCCNC(C)c1cnc(N(c2ccccc2)c2ccccc2Cl)nc1)N=O. The molecule has 3 rings (SSSR count). The molecule has 0 spiro atoms. The molecule has 0 amide bonds. The number of nitrogens with zero attached hydrogens (tertiary/aromatic N) is 4. The average Bonchev–Trinajstić information content (AvgIpc) is 2.85. The smallest absolute Gasteiger partial charge is 0.234 e. The van der Waals surface area contributed by atoms with Gasteiger partial charge in [-0.1, -0.05) is 66.4 Å². The van der Waals surface area contributed by atoms with Crippen LogP contribution in [0.3, 0.4) is 0 Å². The molecule has 0 aliphatic carbocycles. The summed E-state index contributed by atoms with van der Waals surface area (Å²) in [6.07, 6.45) is 9.06.